The molecule has 5 rings (SSSR count). The SMILES string of the molecule is N#C[C@@H]1CCCN1C(=O)CNC12CC3CC(O)(CC(O)(C3)C1)C2. The maximum atomic E-state index is 12.5. The lowest BCUT2D eigenvalue weighted by Gasteiger charge is -2.63. The first-order chi connectivity index (χ1) is 10.8. The summed E-state index contributed by atoms with van der Waals surface area (Å²) in [7, 11) is 0. The van der Waals surface area contributed by atoms with Crippen LogP contribution in [0.1, 0.15) is 51.4 Å². The van der Waals surface area contributed by atoms with Gasteiger partial charge < -0.3 is 20.4 Å². The number of carbonyl (C=O) groups excluding carboxylic acids is 1. The molecule has 0 radical (unpaired) electrons. The van der Waals surface area contributed by atoms with Crippen molar-refractivity contribution in [2.24, 2.45) is 5.92 Å². The minimum atomic E-state index is -0.785. The molecule has 23 heavy (non-hydrogen) atoms. The number of carbonyl (C=O) groups is 1. The van der Waals surface area contributed by atoms with Crippen LogP contribution < -0.4 is 5.32 Å². The van der Waals surface area contributed by atoms with Crippen LogP contribution in [0.25, 0.3) is 0 Å². The van der Waals surface area contributed by atoms with Gasteiger partial charge in [0.1, 0.15) is 6.04 Å². The third kappa shape index (κ3) is 2.55. The van der Waals surface area contributed by atoms with Gasteiger partial charge in [-0.2, -0.15) is 5.26 Å². The van der Waals surface area contributed by atoms with Crippen molar-refractivity contribution in [3.63, 3.8) is 0 Å². The summed E-state index contributed by atoms with van der Waals surface area (Å²) >= 11 is 0. The minimum absolute atomic E-state index is 0.0382. The number of rotatable bonds is 3. The number of hydrogen-bond donors (Lipinski definition) is 3. The lowest BCUT2D eigenvalue weighted by molar-refractivity contribution is -0.212. The van der Waals surface area contributed by atoms with Gasteiger partial charge in [-0.25, -0.2) is 0 Å². The van der Waals surface area contributed by atoms with E-state index in [0.717, 1.165) is 32.1 Å². The molecule has 0 aromatic rings. The molecule has 1 heterocycles. The van der Waals surface area contributed by atoms with E-state index in [0.29, 0.717) is 31.7 Å². The smallest absolute Gasteiger partial charge is 0.237 e. The van der Waals surface area contributed by atoms with Gasteiger partial charge in [-0.3, -0.25) is 4.79 Å². The van der Waals surface area contributed by atoms with Crippen LogP contribution in [0, 0.1) is 17.2 Å². The summed E-state index contributed by atoms with van der Waals surface area (Å²) in [5, 5.41) is 34.0. The van der Waals surface area contributed by atoms with Crippen molar-refractivity contribution in [3.05, 3.63) is 0 Å². The second-order valence-electron chi connectivity index (χ2n) is 8.47. The van der Waals surface area contributed by atoms with Crippen LogP contribution in [0.5, 0.6) is 0 Å². The summed E-state index contributed by atoms with van der Waals surface area (Å²) in [4.78, 5) is 14.1. The van der Waals surface area contributed by atoms with E-state index in [-0.39, 0.29) is 24.0 Å². The highest BCUT2D eigenvalue weighted by molar-refractivity contribution is 5.79. The molecule has 3 atom stereocenters. The molecule has 0 aromatic heterocycles. The zero-order valence-corrected chi connectivity index (χ0v) is 13.4. The van der Waals surface area contributed by atoms with Crippen LogP contribution in [0.2, 0.25) is 0 Å². The average molecular weight is 319 g/mol. The fourth-order valence-electron chi connectivity index (χ4n) is 6.10. The number of likely N-dealkylation sites (tertiary alicyclic amines) is 1. The Morgan fingerprint density at radius 1 is 1.22 bits per heavy atom. The number of aliphatic hydroxyl groups is 2. The van der Waals surface area contributed by atoms with Gasteiger partial charge in [0, 0.05) is 18.5 Å². The summed E-state index contributed by atoms with van der Waals surface area (Å²) in [6, 6.07) is 1.90. The number of nitriles is 1. The van der Waals surface area contributed by atoms with E-state index in [1.165, 1.54) is 0 Å². The molecule has 4 aliphatic carbocycles. The average Bonchev–Trinajstić information content (AvgIpc) is 2.89. The fraction of sp³-hybridized carbons (Fsp3) is 0.882. The van der Waals surface area contributed by atoms with Gasteiger partial charge in [-0.1, -0.05) is 0 Å². The molecule has 1 amide bonds. The topological polar surface area (TPSA) is 96.6 Å². The normalized spacial score (nSPS) is 47.8. The monoisotopic (exact) mass is 319 g/mol. The van der Waals surface area contributed by atoms with Gasteiger partial charge >= 0.3 is 0 Å². The van der Waals surface area contributed by atoms with Crippen LogP contribution >= 0.6 is 0 Å². The van der Waals surface area contributed by atoms with Crippen molar-refractivity contribution in [2.45, 2.75) is 74.1 Å². The van der Waals surface area contributed by atoms with Gasteiger partial charge in [0.15, 0.2) is 0 Å². The largest absolute Gasteiger partial charge is 0.390 e. The Balaban J connectivity index is 1.45. The molecular weight excluding hydrogens is 294 g/mol. The number of nitrogens with one attached hydrogen (secondary N) is 1. The minimum Gasteiger partial charge on any atom is -0.390 e. The third-order valence-electron chi connectivity index (χ3n) is 6.35. The van der Waals surface area contributed by atoms with E-state index in [4.69, 9.17) is 5.26 Å². The highest BCUT2D eigenvalue weighted by atomic mass is 16.3. The van der Waals surface area contributed by atoms with Crippen molar-refractivity contribution in [3.8, 4) is 6.07 Å². The molecule has 5 fully saturated rings. The first kappa shape index (κ1) is 15.4. The third-order valence-corrected chi connectivity index (χ3v) is 6.35. The van der Waals surface area contributed by atoms with E-state index in [9.17, 15) is 15.0 Å². The van der Waals surface area contributed by atoms with Crippen molar-refractivity contribution < 1.29 is 15.0 Å². The van der Waals surface area contributed by atoms with Crippen LogP contribution in [0.3, 0.4) is 0 Å². The van der Waals surface area contributed by atoms with Gasteiger partial charge in [0.05, 0.1) is 23.8 Å². The molecule has 4 bridgehead atoms. The van der Waals surface area contributed by atoms with Crippen molar-refractivity contribution >= 4 is 5.91 Å². The Morgan fingerprint density at radius 2 is 1.91 bits per heavy atom. The summed E-state index contributed by atoms with van der Waals surface area (Å²) in [6.07, 6.45) is 5.82. The lowest BCUT2D eigenvalue weighted by Crippen LogP contribution is -2.70. The summed E-state index contributed by atoms with van der Waals surface area (Å²) < 4.78 is 0. The Kier molecular flexibility index (Phi) is 3.29. The molecule has 1 aliphatic heterocycles. The molecule has 1 saturated heterocycles. The van der Waals surface area contributed by atoms with Gasteiger partial charge in [0.25, 0.3) is 0 Å². The van der Waals surface area contributed by atoms with Crippen molar-refractivity contribution in [2.75, 3.05) is 13.1 Å². The number of nitrogens with zero attached hydrogens (tertiary/aromatic N) is 2. The predicted octanol–water partition coefficient (Wildman–Crippen LogP) is 0.289. The van der Waals surface area contributed by atoms with E-state index in [1.807, 2.05) is 0 Å². The molecule has 2 unspecified atom stereocenters. The highest BCUT2D eigenvalue weighted by Crippen LogP contribution is 2.59. The molecule has 0 spiro atoms. The van der Waals surface area contributed by atoms with Crippen LogP contribution in [-0.2, 0) is 4.79 Å². The van der Waals surface area contributed by atoms with Crippen LogP contribution in [0.4, 0.5) is 0 Å². The maximum Gasteiger partial charge on any atom is 0.237 e. The summed E-state index contributed by atoms with van der Waals surface area (Å²) in [5.74, 6) is 0.297. The Hall–Kier alpha value is -1.16. The Morgan fingerprint density at radius 3 is 2.52 bits per heavy atom. The molecule has 4 saturated carbocycles. The van der Waals surface area contributed by atoms with E-state index in [2.05, 4.69) is 11.4 Å². The molecule has 3 N–H and O–H groups in total. The van der Waals surface area contributed by atoms with E-state index < -0.39 is 11.2 Å². The fourth-order valence-corrected chi connectivity index (χ4v) is 6.10. The molecule has 5 aliphatic rings. The molecule has 0 aromatic carbocycles. The molecular formula is C17H25N3O3. The molecule has 6 heteroatoms. The second kappa shape index (κ2) is 4.92. The van der Waals surface area contributed by atoms with Crippen LogP contribution in [-0.4, -0.2) is 56.9 Å². The van der Waals surface area contributed by atoms with E-state index in [1.54, 1.807) is 4.90 Å². The first-order valence-corrected chi connectivity index (χ1v) is 8.73. The van der Waals surface area contributed by atoms with E-state index >= 15 is 0 Å². The standard InChI is InChI=1S/C17H25N3O3/c18-7-13-2-1-3-20(13)14(21)8-19-15-4-12-5-16(22,9-15)11-17(23,6-12)10-15/h12-13,19,22-23H,1-6,8-11H2/t12?,13-,15?,16?,17?/m0/s1. The van der Waals surface area contributed by atoms with Crippen molar-refractivity contribution in [1.82, 2.24) is 10.2 Å². The first-order valence-electron chi connectivity index (χ1n) is 8.73. The molecule has 6 nitrogen and oxygen atoms in total. The molecule has 126 valence electrons. The lowest BCUT2D eigenvalue weighted by atomic mass is 9.49. The van der Waals surface area contributed by atoms with Gasteiger partial charge in [-0.15, -0.1) is 0 Å². The van der Waals surface area contributed by atoms with Gasteiger partial charge in [-0.05, 0) is 50.9 Å². The summed E-state index contributed by atoms with van der Waals surface area (Å²) in [6.45, 7) is 0.847. The predicted molar refractivity (Wildman–Crippen MR) is 82.2 cm³/mol. The zero-order chi connectivity index (χ0) is 16.3. The highest BCUT2D eigenvalue weighted by Gasteiger charge is 2.62. The van der Waals surface area contributed by atoms with Gasteiger partial charge in [0.2, 0.25) is 5.91 Å². The quantitative estimate of drug-likeness (QED) is 0.695. The maximum absolute atomic E-state index is 12.5. The second-order valence-corrected chi connectivity index (χ2v) is 8.47. The Labute approximate surface area is 136 Å². The number of amides is 1. The van der Waals surface area contributed by atoms with Crippen molar-refractivity contribution in [1.29, 1.82) is 5.26 Å². The summed E-state index contributed by atoms with van der Waals surface area (Å²) in [5.41, 5.74) is -1.90. The Bertz CT molecular complexity index is 554. The zero-order valence-electron chi connectivity index (χ0n) is 13.4. The number of hydrogen-bond acceptors (Lipinski definition) is 5. The van der Waals surface area contributed by atoms with Crippen LogP contribution in [0.15, 0.2) is 0 Å².